The second kappa shape index (κ2) is 7.02. The third-order valence-corrected chi connectivity index (χ3v) is 4.88. The van der Waals surface area contributed by atoms with Crippen LogP contribution in [0, 0.1) is 0 Å². The fraction of sp³-hybridized carbons (Fsp3) is 0.474. The summed E-state index contributed by atoms with van der Waals surface area (Å²) in [7, 11) is 0. The number of esters is 1. The van der Waals surface area contributed by atoms with E-state index in [1.807, 2.05) is 0 Å². The Kier molecular flexibility index (Phi) is 4.91. The molecule has 0 unspecified atom stereocenters. The number of anilines is 2. The highest BCUT2D eigenvalue weighted by Crippen LogP contribution is 2.37. The SMILES string of the molecule is C[C@H](OC(=O)CN1CCCC1=O)C(=O)N1c2ccccc2NC(=O)C1(C)C. The van der Waals surface area contributed by atoms with Crippen molar-refractivity contribution in [2.45, 2.75) is 45.3 Å². The molecule has 144 valence electrons. The van der Waals surface area contributed by atoms with Crippen LogP contribution in [0.3, 0.4) is 0 Å². The van der Waals surface area contributed by atoms with Crippen LogP contribution in [0.5, 0.6) is 0 Å². The number of nitrogens with zero attached hydrogens (tertiary/aromatic N) is 2. The highest BCUT2D eigenvalue weighted by molar-refractivity contribution is 6.15. The quantitative estimate of drug-likeness (QED) is 0.803. The molecule has 0 aromatic heterocycles. The van der Waals surface area contributed by atoms with Gasteiger partial charge in [-0.3, -0.25) is 24.1 Å². The van der Waals surface area contributed by atoms with Crippen LogP contribution >= 0.6 is 0 Å². The maximum Gasteiger partial charge on any atom is 0.326 e. The zero-order valence-electron chi connectivity index (χ0n) is 15.7. The van der Waals surface area contributed by atoms with Gasteiger partial charge in [-0.2, -0.15) is 0 Å². The number of para-hydroxylation sites is 2. The number of ether oxygens (including phenoxy) is 1. The first kappa shape index (κ1) is 18.9. The topological polar surface area (TPSA) is 96.0 Å². The fourth-order valence-electron chi connectivity index (χ4n) is 3.34. The van der Waals surface area contributed by atoms with Gasteiger partial charge in [0.1, 0.15) is 12.1 Å². The Hall–Kier alpha value is -2.90. The van der Waals surface area contributed by atoms with Gasteiger partial charge < -0.3 is 15.0 Å². The van der Waals surface area contributed by atoms with Gasteiger partial charge in [-0.1, -0.05) is 12.1 Å². The minimum Gasteiger partial charge on any atom is -0.451 e. The Morgan fingerprint density at radius 3 is 2.63 bits per heavy atom. The Balaban J connectivity index is 1.76. The first-order valence-corrected chi connectivity index (χ1v) is 8.93. The first-order valence-electron chi connectivity index (χ1n) is 8.93. The lowest BCUT2D eigenvalue weighted by molar-refractivity contribution is -0.156. The van der Waals surface area contributed by atoms with Gasteiger partial charge in [-0.15, -0.1) is 0 Å². The smallest absolute Gasteiger partial charge is 0.326 e. The lowest BCUT2D eigenvalue weighted by Crippen LogP contribution is -2.60. The molecule has 1 saturated heterocycles. The zero-order chi connectivity index (χ0) is 19.8. The van der Waals surface area contributed by atoms with E-state index in [0.29, 0.717) is 30.8 Å². The van der Waals surface area contributed by atoms with E-state index in [4.69, 9.17) is 4.74 Å². The predicted octanol–water partition coefficient (Wildman–Crippen LogP) is 1.30. The molecule has 27 heavy (non-hydrogen) atoms. The van der Waals surface area contributed by atoms with Crippen molar-refractivity contribution in [1.29, 1.82) is 0 Å². The summed E-state index contributed by atoms with van der Waals surface area (Å²) in [6.07, 6.45) is 0.0535. The normalized spacial score (nSPS) is 19.4. The van der Waals surface area contributed by atoms with Crippen LogP contribution in [0.2, 0.25) is 0 Å². The van der Waals surface area contributed by atoms with E-state index in [-0.39, 0.29) is 18.4 Å². The molecule has 1 N–H and O–H groups in total. The highest BCUT2D eigenvalue weighted by atomic mass is 16.5. The van der Waals surface area contributed by atoms with Crippen molar-refractivity contribution in [3.63, 3.8) is 0 Å². The summed E-state index contributed by atoms with van der Waals surface area (Å²) in [5.74, 6) is -1.55. The largest absolute Gasteiger partial charge is 0.451 e. The van der Waals surface area contributed by atoms with Crippen LogP contribution in [-0.2, 0) is 23.9 Å². The molecular weight excluding hydrogens is 350 g/mol. The van der Waals surface area contributed by atoms with Crippen molar-refractivity contribution in [3.8, 4) is 0 Å². The second-order valence-electron chi connectivity index (χ2n) is 7.25. The molecule has 2 aliphatic heterocycles. The molecule has 0 saturated carbocycles. The summed E-state index contributed by atoms with van der Waals surface area (Å²) >= 11 is 0. The van der Waals surface area contributed by atoms with Crippen LogP contribution in [-0.4, -0.2) is 53.3 Å². The minimum absolute atomic E-state index is 0.0892. The molecule has 1 fully saturated rings. The van der Waals surface area contributed by atoms with Gasteiger partial charge in [0.25, 0.3) is 5.91 Å². The number of nitrogens with one attached hydrogen (secondary N) is 1. The molecule has 0 aliphatic carbocycles. The van der Waals surface area contributed by atoms with Gasteiger partial charge in [-0.25, -0.2) is 0 Å². The molecule has 1 atom stereocenters. The summed E-state index contributed by atoms with van der Waals surface area (Å²) < 4.78 is 5.26. The standard InChI is InChI=1S/C19H23N3O5/c1-12(27-16(24)11-21-10-6-9-15(21)23)17(25)22-14-8-5-4-7-13(14)20-18(26)19(22,2)3/h4-5,7-8,12H,6,9-11H2,1-3H3,(H,20,26)/t12-/m0/s1. The van der Waals surface area contributed by atoms with Gasteiger partial charge in [0.05, 0.1) is 11.4 Å². The van der Waals surface area contributed by atoms with Gasteiger partial charge >= 0.3 is 5.97 Å². The number of hydrogen-bond donors (Lipinski definition) is 1. The molecule has 3 amide bonds. The number of fused-ring (bicyclic) bond motifs is 1. The van der Waals surface area contributed by atoms with Crippen LogP contribution in [0.4, 0.5) is 11.4 Å². The summed E-state index contributed by atoms with van der Waals surface area (Å²) in [6.45, 7) is 5.08. The minimum atomic E-state index is -1.14. The van der Waals surface area contributed by atoms with Crippen molar-refractivity contribution < 1.29 is 23.9 Å². The Labute approximate surface area is 157 Å². The number of benzene rings is 1. The van der Waals surface area contributed by atoms with E-state index in [0.717, 1.165) is 0 Å². The van der Waals surface area contributed by atoms with Gasteiger partial charge in [-0.05, 0) is 39.3 Å². The summed E-state index contributed by atoms with van der Waals surface area (Å²) in [5, 5.41) is 2.78. The molecule has 0 bridgehead atoms. The summed E-state index contributed by atoms with van der Waals surface area (Å²) in [5.41, 5.74) is -0.0714. The monoisotopic (exact) mass is 373 g/mol. The Morgan fingerprint density at radius 2 is 1.96 bits per heavy atom. The van der Waals surface area contributed by atoms with E-state index in [1.54, 1.807) is 38.1 Å². The first-order chi connectivity index (χ1) is 12.7. The maximum atomic E-state index is 13.0. The predicted molar refractivity (Wildman–Crippen MR) is 98.0 cm³/mol. The highest BCUT2D eigenvalue weighted by Gasteiger charge is 2.45. The molecule has 1 aromatic carbocycles. The molecule has 1 aromatic rings. The number of likely N-dealkylation sites (tertiary alicyclic amines) is 1. The van der Waals surface area contributed by atoms with E-state index in [9.17, 15) is 19.2 Å². The van der Waals surface area contributed by atoms with E-state index >= 15 is 0 Å². The average Bonchev–Trinajstić information content (AvgIpc) is 3.00. The third-order valence-electron chi connectivity index (χ3n) is 4.88. The number of amides is 3. The summed E-state index contributed by atoms with van der Waals surface area (Å²) in [6, 6.07) is 6.96. The van der Waals surface area contributed by atoms with E-state index < -0.39 is 23.5 Å². The Bertz CT molecular complexity index is 804. The molecule has 3 rings (SSSR count). The maximum absolute atomic E-state index is 13.0. The molecular formula is C19H23N3O5. The van der Waals surface area contributed by atoms with Gasteiger partial charge in [0.15, 0.2) is 6.10 Å². The molecule has 2 heterocycles. The van der Waals surface area contributed by atoms with Crippen LogP contribution < -0.4 is 10.2 Å². The van der Waals surface area contributed by atoms with Crippen molar-refractivity contribution in [3.05, 3.63) is 24.3 Å². The lowest BCUT2D eigenvalue weighted by Gasteiger charge is -2.42. The Morgan fingerprint density at radius 1 is 1.26 bits per heavy atom. The molecule has 8 heteroatoms. The van der Waals surface area contributed by atoms with Crippen molar-refractivity contribution in [1.82, 2.24) is 4.90 Å². The van der Waals surface area contributed by atoms with Gasteiger partial charge in [0, 0.05) is 13.0 Å². The number of hydrogen-bond acceptors (Lipinski definition) is 5. The molecule has 8 nitrogen and oxygen atoms in total. The van der Waals surface area contributed by atoms with E-state index in [2.05, 4.69) is 5.32 Å². The lowest BCUT2D eigenvalue weighted by atomic mass is 9.95. The third kappa shape index (κ3) is 3.51. The van der Waals surface area contributed by atoms with Gasteiger partial charge in [0.2, 0.25) is 11.8 Å². The van der Waals surface area contributed by atoms with Crippen LogP contribution in [0.15, 0.2) is 24.3 Å². The summed E-state index contributed by atoms with van der Waals surface area (Å²) in [4.78, 5) is 52.1. The number of carbonyl (C=O) groups is 4. The van der Waals surface area contributed by atoms with E-state index in [1.165, 1.54) is 16.7 Å². The second-order valence-corrected chi connectivity index (χ2v) is 7.25. The van der Waals surface area contributed by atoms with Crippen LogP contribution in [0.25, 0.3) is 0 Å². The molecule has 0 spiro atoms. The number of rotatable bonds is 4. The fourth-order valence-corrected chi connectivity index (χ4v) is 3.34. The molecule has 2 aliphatic rings. The number of carbonyl (C=O) groups excluding carboxylic acids is 4. The zero-order valence-corrected chi connectivity index (χ0v) is 15.7. The average molecular weight is 373 g/mol. The van der Waals surface area contributed by atoms with Crippen molar-refractivity contribution in [2.24, 2.45) is 0 Å². The molecule has 0 radical (unpaired) electrons. The van der Waals surface area contributed by atoms with Crippen LogP contribution in [0.1, 0.15) is 33.6 Å². The van der Waals surface area contributed by atoms with Crippen molar-refractivity contribution >= 4 is 35.1 Å². The van der Waals surface area contributed by atoms with Crippen molar-refractivity contribution in [2.75, 3.05) is 23.3 Å².